The largest absolute Gasteiger partial charge is 0.465 e. The highest BCUT2D eigenvalue weighted by Gasteiger charge is 2.29. The van der Waals surface area contributed by atoms with Crippen molar-refractivity contribution in [1.82, 2.24) is 5.32 Å². The minimum absolute atomic E-state index is 0.170. The molecule has 0 fully saturated rings. The smallest absolute Gasteiger partial charge is 0.325 e. The standard InChI is InChI=1S/C11H23NO2/c1-7-14-9(13)11(5,6)12-8-10(2,3)4/h12H,7-8H2,1-6H3. The van der Waals surface area contributed by atoms with E-state index in [0.29, 0.717) is 6.61 Å². The van der Waals surface area contributed by atoms with Crippen molar-refractivity contribution in [2.24, 2.45) is 5.41 Å². The summed E-state index contributed by atoms with van der Waals surface area (Å²) in [4.78, 5) is 11.5. The molecule has 0 saturated heterocycles. The molecule has 0 aromatic rings. The number of hydrogen-bond acceptors (Lipinski definition) is 3. The van der Waals surface area contributed by atoms with Gasteiger partial charge >= 0.3 is 5.97 Å². The van der Waals surface area contributed by atoms with Gasteiger partial charge in [0.2, 0.25) is 0 Å². The summed E-state index contributed by atoms with van der Waals surface area (Å²) in [5.41, 5.74) is -0.424. The monoisotopic (exact) mass is 201 g/mol. The first-order valence-electron chi connectivity index (χ1n) is 5.11. The van der Waals surface area contributed by atoms with Gasteiger partial charge in [-0.2, -0.15) is 0 Å². The van der Waals surface area contributed by atoms with Crippen molar-refractivity contribution in [2.45, 2.75) is 47.1 Å². The van der Waals surface area contributed by atoms with E-state index < -0.39 is 5.54 Å². The van der Waals surface area contributed by atoms with Crippen molar-refractivity contribution in [3.8, 4) is 0 Å². The van der Waals surface area contributed by atoms with Crippen molar-refractivity contribution in [2.75, 3.05) is 13.2 Å². The van der Waals surface area contributed by atoms with Crippen LogP contribution < -0.4 is 5.32 Å². The quantitative estimate of drug-likeness (QED) is 0.707. The number of rotatable bonds is 4. The lowest BCUT2D eigenvalue weighted by Crippen LogP contribution is -2.50. The number of hydrogen-bond donors (Lipinski definition) is 1. The highest BCUT2D eigenvalue weighted by atomic mass is 16.5. The fourth-order valence-corrected chi connectivity index (χ4v) is 0.870. The highest BCUT2D eigenvalue weighted by Crippen LogP contribution is 2.14. The summed E-state index contributed by atoms with van der Waals surface area (Å²) >= 11 is 0. The molecule has 0 aliphatic rings. The van der Waals surface area contributed by atoms with Gasteiger partial charge in [-0.05, 0) is 26.2 Å². The van der Waals surface area contributed by atoms with E-state index in [9.17, 15) is 4.79 Å². The van der Waals surface area contributed by atoms with Crippen LogP contribution in [-0.2, 0) is 9.53 Å². The zero-order chi connectivity index (χ0) is 11.4. The Morgan fingerprint density at radius 3 is 2.07 bits per heavy atom. The van der Waals surface area contributed by atoms with Crippen LogP contribution in [0.25, 0.3) is 0 Å². The molecular formula is C11H23NO2. The lowest BCUT2D eigenvalue weighted by atomic mass is 9.94. The minimum Gasteiger partial charge on any atom is -0.465 e. The van der Waals surface area contributed by atoms with E-state index in [-0.39, 0.29) is 11.4 Å². The predicted octanol–water partition coefficient (Wildman–Crippen LogP) is 1.96. The van der Waals surface area contributed by atoms with Crippen molar-refractivity contribution >= 4 is 5.97 Å². The molecule has 0 unspecified atom stereocenters. The van der Waals surface area contributed by atoms with Gasteiger partial charge in [-0.15, -0.1) is 0 Å². The zero-order valence-electron chi connectivity index (χ0n) is 10.2. The molecule has 3 heteroatoms. The summed E-state index contributed by atoms with van der Waals surface area (Å²) in [6.07, 6.45) is 0. The molecule has 0 radical (unpaired) electrons. The second kappa shape index (κ2) is 4.78. The molecule has 84 valence electrons. The van der Waals surface area contributed by atoms with Crippen LogP contribution in [0.2, 0.25) is 0 Å². The van der Waals surface area contributed by atoms with Gasteiger partial charge in [-0.3, -0.25) is 4.79 Å². The van der Waals surface area contributed by atoms with Crippen LogP contribution >= 0.6 is 0 Å². The zero-order valence-corrected chi connectivity index (χ0v) is 10.2. The van der Waals surface area contributed by atoms with Crippen molar-refractivity contribution in [3.05, 3.63) is 0 Å². The third kappa shape index (κ3) is 5.22. The Labute approximate surface area is 87.2 Å². The third-order valence-electron chi connectivity index (χ3n) is 1.85. The summed E-state index contributed by atoms with van der Waals surface area (Å²) in [7, 11) is 0. The average molecular weight is 201 g/mol. The molecule has 0 aliphatic carbocycles. The summed E-state index contributed by atoms with van der Waals surface area (Å²) in [5.74, 6) is -0.191. The maximum atomic E-state index is 11.5. The molecule has 0 spiro atoms. The fraction of sp³-hybridized carbons (Fsp3) is 0.909. The Morgan fingerprint density at radius 1 is 1.21 bits per heavy atom. The first kappa shape index (κ1) is 13.4. The summed E-state index contributed by atoms with van der Waals surface area (Å²) in [6, 6.07) is 0. The first-order valence-corrected chi connectivity index (χ1v) is 5.11. The second-order valence-corrected chi connectivity index (χ2v) is 5.26. The maximum Gasteiger partial charge on any atom is 0.325 e. The molecule has 0 aromatic carbocycles. The Hall–Kier alpha value is -0.570. The van der Waals surface area contributed by atoms with Crippen LogP contribution in [0.1, 0.15) is 41.5 Å². The van der Waals surface area contributed by atoms with Gasteiger partial charge < -0.3 is 10.1 Å². The van der Waals surface area contributed by atoms with Gasteiger partial charge in [-0.1, -0.05) is 20.8 Å². The van der Waals surface area contributed by atoms with Gasteiger partial charge in [0.05, 0.1) is 6.61 Å². The van der Waals surface area contributed by atoms with Crippen molar-refractivity contribution in [3.63, 3.8) is 0 Å². The molecule has 0 aliphatic heterocycles. The topological polar surface area (TPSA) is 38.3 Å². The summed E-state index contributed by atoms with van der Waals surface area (Å²) < 4.78 is 4.97. The van der Waals surface area contributed by atoms with Crippen LogP contribution in [0.3, 0.4) is 0 Å². The average Bonchev–Trinajstić information content (AvgIpc) is 2.00. The van der Waals surface area contributed by atoms with Gasteiger partial charge in [0.15, 0.2) is 0 Å². The Morgan fingerprint density at radius 2 is 1.71 bits per heavy atom. The SMILES string of the molecule is CCOC(=O)C(C)(C)NCC(C)(C)C. The molecule has 1 N–H and O–H groups in total. The third-order valence-corrected chi connectivity index (χ3v) is 1.85. The molecule has 0 heterocycles. The summed E-state index contributed by atoms with van der Waals surface area (Å²) in [6.45, 7) is 13.1. The number of carbonyl (C=O) groups excluding carboxylic acids is 1. The number of carbonyl (C=O) groups is 1. The van der Waals surface area contributed by atoms with E-state index in [1.807, 2.05) is 20.8 Å². The highest BCUT2D eigenvalue weighted by molar-refractivity contribution is 5.79. The number of nitrogens with one attached hydrogen (secondary N) is 1. The van der Waals surface area contributed by atoms with Gasteiger partial charge in [-0.25, -0.2) is 0 Å². The van der Waals surface area contributed by atoms with Gasteiger partial charge in [0.25, 0.3) is 0 Å². The van der Waals surface area contributed by atoms with Crippen molar-refractivity contribution in [1.29, 1.82) is 0 Å². The van der Waals surface area contributed by atoms with Crippen LogP contribution in [0.4, 0.5) is 0 Å². The molecule has 0 bridgehead atoms. The molecule has 0 aromatic heterocycles. The molecular weight excluding hydrogens is 178 g/mol. The number of ether oxygens (including phenoxy) is 1. The first-order chi connectivity index (χ1) is 6.19. The van der Waals surface area contributed by atoms with Gasteiger partial charge in [0, 0.05) is 6.54 Å². The Bertz CT molecular complexity index is 192. The Kier molecular flexibility index (Phi) is 4.59. The van der Waals surface area contributed by atoms with E-state index in [1.54, 1.807) is 0 Å². The molecule has 0 atom stereocenters. The molecule has 0 rings (SSSR count). The van der Waals surface area contributed by atoms with Crippen LogP contribution in [0.5, 0.6) is 0 Å². The van der Waals surface area contributed by atoms with E-state index >= 15 is 0 Å². The molecule has 3 nitrogen and oxygen atoms in total. The van der Waals surface area contributed by atoms with Crippen LogP contribution in [-0.4, -0.2) is 24.7 Å². The second-order valence-electron chi connectivity index (χ2n) is 5.26. The minimum atomic E-state index is -0.594. The molecule has 0 amide bonds. The lowest BCUT2D eigenvalue weighted by Gasteiger charge is -2.28. The van der Waals surface area contributed by atoms with E-state index in [2.05, 4.69) is 26.1 Å². The van der Waals surface area contributed by atoms with E-state index in [1.165, 1.54) is 0 Å². The van der Waals surface area contributed by atoms with Crippen LogP contribution in [0.15, 0.2) is 0 Å². The normalized spacial score (nSPS) is 12.7. The summed E-state index contributed by atoms with van der Waals surface area (Å²) in [5, 5.41) is 3.21. The predicted molar refractivity (Wildman–Crippen MR) is 58.2 cm³/mol. The van der Waals surface area contributed by atoms with Gasteiger partial charge in [0.1, 0.15) is 5.54 Å². The molecule has 0 saturated carbocycles. The lowest BCUT2D eigenvalue weighted by molar-refractivity contribution is -0.149. The van der Waals surface area contributed by atoms with E-state index in [0.717, 1.165) is 6.54 Å². The maximum absolute atomic E-state index is 11.5. The number of esters is 1. The van der Waals surface area contributed by atoms with E-state index in [4.69, 9.17) is 4.74 Å². The van der Waals surface area contributed by atoms with Crippen molar-refractivity contribution < 1.29 is 9.53 Å². The molecule has 14 heavy (non-hydrogen) atoms. The van der Waals surface area contributed by atoms with Crippen LogP contribution in [0, 0.1) is 5.41 Å². The fourth-order valence-electron chi connectivity index (χ4n) is 0.870. The Balaban J connectivity index is 4.13.